The first-order valence-electron chi connectivity index (χ1n) is 13.3. The van der Waals surface area contributed by atoms with Crippen molar-refractivity contribution in [1.82, 2.24) is 29.7 Å². The van der Waals surface area contributed by atoms with Gasteiger partial charge in [0.2, 0.25) is 0 Å². The molecule has 204 valence electrons. The van der Waals surface area contributed by atoms with Crippen molar-refractivity contribution < 1.29 is 19.0 Å². The average Bonchev–Trinajstić information content (AvgIpc) is 3.34. The molecule has 2 N–H and O–H groups in total. The Morgan fingerprint density at radius 3 is 2.84 bits per heavy atom. The van der Waals surface area contributed by atoms with Gasteiger partial charge in [0.25, 0.3) is 5.91 Å². The van der Waals surface area contributed by atoms with Gasteiger partial charge < -0.3 is 34.3 Å². The molecule has 0 aliphatic carbocycles. The van der Waals surface area contributed by atoms with Gasteiger partial charge in [0.15, 0.2) is 18.1 Å². The molecule has 1 aromatic carbocycles. The summed E-state index contributed by atoms with van der Waals surface area (Å²) in [6, 6.07) is 5.68. The van der Waals surface area contributed by atoms with Gasteiger partial charge in [-0.15, -0.1) is 0 Å². The third-order valence-electron chi connectivity index (χ3n) is 6.99. The molecule has 0 spiro atoms. The Morgan fingerprint density at radius 1 is 1.11 bits per heavy atom. The molecule has 11 heteroatoms. The highest BCUT2D eigenvalue weighted by Gasteiger charge is 2.17. The summed E-state index contributed by atoms with van der Waals surface area (Å²) in [5.74, 6) is 1.79. The molecular weight excluding hydrogens is 486 g/mol. The van der Waals surface area contributed by atoms with Gasteiger partial charge >= 0.3 is 0 Å². The van der Waals surface area contributed by atoms with Crippen LogP contribution in [0.5, 0.6) is 11.5 Å². The topological polar surface area (TPSA) is 108 Å². The first-order valence-corrected chi connectivity index (χ1v) is 13.3. The highest BCUT2D eigenvalue weighted by molar-refractivity contribution is 5.92. The third-order valence-corrected chi connectivity index (χ3v) is 6.99. The molecule has 5 rings (SSSR count). The van der Waals surface area contributed by atoms with Gasteiger partial charge in [-0.05, 0) is 44.1 Å². The predicted octanol–water partition coefficient (Wildman–Crippen LogP) is 2.48. The average molecular weight is 524 g/mol. The van der Waals surface area contributed by atoms with E-state index in [1.807, 2.05) is 31.4 Å². The Hall–Kier alpha value is -3.41. The second kappa shape index (κ2) is 12.4. The van der Waals surface area contributed by atoms with Crippen LogP contribution in [0, 0.1) is 0 Å². The van der Waals surface area contributed by atoms with Gasteiger partial charge in [-0.2, -0.15) is 0 Å². The number of aromatic amines is 1. The molecule has 2 bridgehead atoms. The van der Waals surface area contributed by atoms with Crippen molar-refractivity contribution in [1.29, 1.82) is 0 Å². The zero-order valence-corrected chi connectivity index (χ0v) is 22.2. The molecule has 38 heavy (non-hydrogen) atoms. The van der Waals surface area contributed by atoms with E-state index in [1.54, 1.807) is 11.2 Å². The molecule has 0 saturated carbocycles. The Bertz CT molecular complexity index is 1230. The number of nitrogens with zero attached hydrogens (tertiary/aromatic N) is 5. The van der Waals surface area contributed by atoms with Gasteiger partial charge in [0, 0.05) is 57.7 Å². The predicted molar refractivity (Wildman–Crippen MR) is 145 cm³/mol. The zero-order chi connectivity index (χ0) is 26.3. The summed E-state index contributed by atoms with van der Waals surface area (Å²) >= 11 is 0. The van der Waals surface area contributed by atoms with E-state index in [9.17, 15) is 4.79 Å². The largest absolute Gasteiger partial charge is 0.490 e. The number of likely N-dealkylation sites (N-methyl/N-ethyl adjacent to an activating group) is 1. The van der Waals surface area contributed by atoms with Crippen LogP contribution in [0.25, 0.3) is 11.0 Å². The molecule has 11 nitrogen and oxygen atoms in total. The van der Waals surface area contributed by atoms with E-state index >= 15 is 0 Å². The molecule has 2 aliphatic heterocycles. The van der Waals surface area contributed by atoms with Gasteiger partial charge in [-0.25, -0.2) is 9.97 Å². The molecule has 1 saturated heterocycles. The second-order valence-corrected chi connectivity index (χ2v) is 9.90. The summed E-state index contributed by atoms with van der Waals surface area (Å²) in [6.45, 7) is 7.20. The fourth-order valence-corrected chi connectivity index (χ4v) is 4.82. The first kappa shape index (κ1) is 26.2. The number of anilines is 2. The number of carbonyl (C=O) groups is 1. The molecule has 1 fully saturated rings. The molecule has 2 aliphatic rings. The van der Waals surface area contributed by atoms with E-state index in [1.165, 1.54) is 0 Å². The SMILES string of the molecule is CN1CCCN(C)C(=O)COc2cc(ccc2OCCCN2CCOCC2)Nc2ncnc3[nH]cc(c23)C1. The third kappa shape index (κ3) is 6.53. The number of nitrogens with one attached hydrogen (secondary N) is 2. The van der Waals surface area contributed by atoms with E-state index < -0.39 is 0 Å². The molecular formula is C27H37N7O4. The number of fused-ring (bicyclic) bond motifs is 2. The minimum absolute atomic E-state index is 0.0559. The summed E-state index contributed by atoms with van der Waals surface area (Å²) in [7, 11) is 3.90. The smallest absolute Gasteiger partial charge is 0.260 e. The monoisotopic (exact) mass is 523 g/mol. The summed E-state index contributed by atoms with van der Waals surface area (Å²) < 4.78 is 17.6. The van der Waals surface area contributed by atoms with Crippen molar-refractivity contribution in [2.24, 2.45) is 0 Å². The minimum Gasteiger partial charge on any atom is -0.490 e. The van der Waals surface area contributed by atoms with E-state index in [-0.39, 0.29) is 12.5 Å². The molecule has 1 amide bonds. The lowest BCUT2D eigenvalue weighted by Crippen LogP contribution is -2.37. The van der Waals surface area contributed by atoms with E-state index in [4.69, 9.17) is 14.2 Å². The van der Waals surface area contributed by atoms with Crippen LogP contribution >= 0.6 is 0 Å². The van der Waals surface area contributed by atoms with Crippen molar-refractivity contribution in [3.05, 3.63) is 36.3 Å². The number of hydrogen-bond donors (Lipinski definition) is 2. The number of hydrogen-bond acceptors (Lipinski definition) is 9. The molecule has 2 aromatic heterocycles. The standard InChI is InChI=1S/C27H37N7O4/c1-32-7-3-8-33(2)24(35)18-38-23-15-21(31-27-25-20(17-32)16-28-26(25)29-19-30-27)5-6-22(23)37-12-4-9-34-10-13-36-14-11-34/h5-6,15-16,19H,3-4,7-14,17-18H2,1-2H3,(H2,28,29,30,31). The van der Waals surface area contributed by atoms with Crippen LogP contribution in [0.4, 0.5) is 11.5 Å². The number of carbonyl (C=O) groups excluding carboxylic acids is 1. The van der Waals surface area contributed by atoms with Crippen LogP contribution in [-0.2, 0) is 16.1 Å². The number of amides is 1. The lowest BCUT2D eigenvalue weighted by molar-refractivity contribution is -0.132. The maximum absolute atomic E-state index is 12.8. The number of morpholine rings is 1. The van der Waals surface area contributed by atoms with E-state index in [2.05, 4.69) is 37.1 Å². The number of aromatic nitrogens is 3. The van der Waals surface area contributed by atoms with Crippen molar-refractivity contribution in [3.63, 3.8) is 0 Å². The molecule has 0 unspecified atom stereocenters. The van der Waals surface area contributed by atoms with Crippen LogP contribution in [0.15, 0.2) is 30.7 Å². The van der Waals surface area contributed by atoms with Crippen LogP contribution in [0.1, 0.15) is 18.4 Å². The molecule has 0 atom stereocenters. The number of H-pyrrole nitrogens is 1. The maximum Gasteiger partial charge on any atom is 0.260 e. The molecule has 3 aromatic rings. The maximum atomic E-state index is 12.8. The van der Waals surface area contributed by atoms with E-state index in [0.29, 0.717) is 30.5 Å². The molecule has 0 radical (unpaired) electrons. The van der Waals surface area contributed by atoms with Crippen LogP contribution in [-0.4, -0.2) is 109 Å². The van der Waals surface area contributed by atoms with Gasteiger partial charge in [0.05, 0.1) is 25.2 Å². The van der Waals surface area contributed by atoms with Crippen LogP contribution in [0.2, 0.25) is 0 Å². The lowest BCUT2D eigenvalue weighted by atomic mass is 10.2. The van der Waals surface area contributed by atoms with Crippen molar-refractivity contribution >= 4 is 28.4 Å². The van der Waals surface area contributed by atoms with Crippen LogP contribution in [0.3, 0.4) is 0 Å². The normalized spacial score (nSPS) is 18.3. The zero-order valence-electron chi connectivity index (χ0n) is 22.2. The van der Waals surface area contributed by atoms with Gasteiger partial charge in [0.1, 0.15) is 17.8 Å². The van der Waals surface area contributed by atoms with Gasteiger partial charge in [-0.1, -0.05) is 0 Å². The second-order valence-electron chi connectivity index (χ2n) is 9.90. The number of ether oxygens (including phenoxy) is 3. The van der Waals surface area contributed by atoms with Crippen molar-refractivity contribution in [3.8, 4) is 11.5 Å². The number of rotatable bonds is 5. The minimum atomic E-state index is -0.0678. The summed E-state index contributed by atoms with van der Waals surface area (Å²) in [5.41, 5.74) is 2.68. The van der Waals surface area contributed by atoms with E-state index in [0.717, 1.165) is 81.1 Å². The Morgan fingerprint density at radius 2 is 1.97 bits per heavy atom. The Kier molecular flexibility index (Phi) is 8.57. The van der Waals surface area contributed by atoms with Crippen molar-refractivity contribution in [2.45, 2.75) is 19.4 Å². The fourth-order valence-electron chi connectivity index (χ4n) is 4.82. The van der Waals surface area contributed by atoms with Crippen molar-refractivity contribution in [2.75, 3.05) is 78.6 Å². The quantitative estimate of drug-likeness (QED) is 0.488. The number of benzene rings is 1. The van der Waals surface area contributed by atoms with Crippen LogP contribution < -0.4 is 14.8 Å². The highest BCUT2D eigenvalue weighted by Crippen LogP contribution is 2.34. The fraction of sp³-hybridized carbons (Fsp3) is 0.519. The summed E-state index contributed by atoms with van der Waals surface area (Å²) in [5, 5.41) is 4.39. The highest BCUT2D eigenvalue weighted by atomic mass is 16.5. The molecule has 4 heterocycles. The van der Waals surface area contributed by atoms with Gasteiger partial charge in [-0.3, -0.25) is 9.69 Å². The lowest BCUT2D eigenvalue weighted by Gasteiger charge is -2.26. The Labute approximate surface area is 223 Å². The Balaban J connectivity index is 1.37. The summed E-state index contributed by atoms with van der Waals surface area (Å²) in [6.07, 6.45) is 5.29. The summed E-state index contributed by atoms with van der Waals surface area (Å²) in [4.78, 5) is 31.3. The first-order chi connectivity index (χ1) is 18.6.